The van der Waals surface area contributed by atoms with Gasteiger partial charge in [0.2, 0.25) is 11.9 Å². The van der Waals surface area contributed by atoms with Gasteiger partial charge in [-0.1, -0.05) is 26.1 Å². The minimum absolute atomic E-state index is 0.0157. The van der Waals surface area contributed by atoms with Crippen molar-refractivity contribution in [3.8, 4) is 0 Å². The Morgan fingerprint density at radius 3 is 2.33 bits per heavy atom. The van der Waals surface area contributed by atoms with Crippen LogP contribution in [0.25, 0.3) is 0 Å². The molecule has 0 aromatic carbocycles. The number of nitrogens with zero attached hydrogens (tertiary/aromatic N) is 3. The van der Waals surface area contributed by atoms with Crippen molar-refractivity contribution in [2.24, 2.45) is 17.6 Å². The van der Waals surface area contributed by atoms with E-state index in [9.17, 15) is 4.79 Å². The van der Waals surface area contributed by atoms with Gasteiger partial charge >= 0.3 is 0 Å². The largest absolute Gasteiger partial charge is 0.393 e. The van der Waals surface area contributed by atoms with Crippen molar-refractivity contribution in [3.05, 3.63) is 11.4 Å². The minimum atomic E-state index is -0.537. The molecule has 7 heteroatoms. The number of carbonyl (C=O) groups is 1. The van der Waals surface area contributed by atoms with Crippen molar-refractivity contribution in [1.82, 2.24) is 15.2 Å². The normalized spacial score (nSPS) is 12.3. The lowest BCUT2D eigenvalue weighted by atomic mass is 9.95. The van der Waals surface area contributed by atoms with Crippen LogP contribution >= 0.6 is 12.2 Å². The highest BCUT2D eigenvalue weighted by molar-refractivity contribution is 7.80. The van der Waals surface area contributed by atoms with Gasteiger partial charge in [-0.2, -0.15) is 5.10 Å². The van der Waals surface area contributed by atoms with Gasteiger partial charge in [-0.15, -0.1) is 5.10 Å². The second kappa shape index (κ2) is 5.81. The Labute approximate surface area is 111 Å². The molecule has 1 aromatic rings. The van der Waals surface area contributed by atoms with Gasteiger partial charge in [-0.3, -0.25) is 10.1 Å². The molecule has 1 aromatic heterocycles. The Hall–Kier alpha value is -1.63. The van der Waals surface area contributed by atoms with Crippen LogP contribution in [0.4, 0.5) is 5.95 Å². The summed E-state index contributed by atoms with van der Waals surface area (Å²) >= 11 is 4.89. The summed E-state index contributed by atoms with van der Waals surface area (Å²) in [6, 6.07) is 0. The van der Waals surface area contributed by atoms with Crippen molar-refractivity contribution in [3.63, 3.8) is 0 Å². The Bertz CT molecular complexity index is 475. The van der Waals surface area contributed by atoms with Gasteiger partial charge in [-0.05, 0) is 19.8 Å². The standard InChI is InChI=1S/C11H17N5OS/c1-5(2)8(9(12)18)10(17)14-11-13-6(3)7(4)15-16-11/h5,8H,1-4H3,(H2,12,18)(H,13,14,16,17). The van der Waals surface area contributed by atoms with E-state index in [1.165, 1.54) is 0 Å². The van der Waals surface area contributed by atoms with Crippen LogP contribution in [-0.4, -0.2) is 26.1 Å². The van der Waals surface area contributed by atoms with E-state index in [1.54, 1.807) is 13.8 Å². The van der Waals surface area contributed by atoms with Gasteiger partial charge in [-0.25, -0.2) is 4.98 Å². The zero-order valence-corrected chi connectivity index (χ0v) is 11.7. The molecule has 98 valence electrons. The molecule has 0 aliphatic heterocycles. The molecule has 0 fully saturated rings. The van der Waals surface area contributed by atoms with Gasteiger partial charge in [0.05, 0.1) is 22.3 Å². The number of nitrogens with two attached hydrogens (primary N) is 1. The fourth-order valence-corrected chi connectivity index (χ4v) is 1.84. The number of hydrogen-bond donors (Lipinski definition) is 2. The van der Waals surface area contributed by atoms with E-state index in [1.807, 2.05) is 13.8 Å². The topological polar surface area (TPSA) is 93.8 Å². The molecule has 18 heavy (non-hydrogen) atoms. The molecule has 0 aliphatic rings. The maximum absolute atomic E-state index is 12.0. The molecular weight excluding hydrogens is 250 g/mol. The monoisotopic (exact) mass is 267 g/mol. The number of rotatable bonds is 4. The summed E-state index contributed by atoms with van der Waals surface area (Å²) in [6.45, 7) is 7.35. The van der Waals surface area contributed by atoms with E-state index < -0.39 is 5.92 Å². The van der Waals surface area contributed by atoms with Gasteiger partial charge in [0.25, 0.3) is 0 Å². The third kappa shape index (κ3) is 3.43. The number of carbonyl (C=O) groups excluding carboxylic acids is 1. The van der Waals surface area contributed by atoms with Crippen molar-refractivity contribution >= 4 is 29.1 Å². The average Bonchev–Trinajstić information content (AvgIpc) is 2.22. The van der Waals surface area contributed by atoms with Gasteiger partial charge in [0.1, 0.15) is 0 Å². The van der Waals surface area contributed by atoms with Crippen LogP contribution in [-0.2, 0) is 4.79 Å². The number of aryl methyl sites for hydroxylation is 2. The van der Waals surface area contributed by atoms with Gasteiger partial charge in [0.15, 0.2) is 0 Å². The molecule has 1 amide bonds. The third-order valence-corrected chi connectivity index (χ3v) is 2.84. The lowest BCUT2D eigenvalue weighted by Gasteiger charge is -2.18. The summed E-state index contributed by atoms with van der Waals surface area (Å²) in [5.41, 5.74) is 7.00. The van der Waals surface area contributed by atoms with Crippen molar-refractivity contribution in [1.29, 1.82) is 0 Å². The molecule has 0 radical (unpaired) electrons. The zero-order valence-electron chi connectivity index (χ0n) is 10.9. The molecule has 1 rings (SSSR count). The van der Waals surface area contributed by atoms with E-state index in [4.69, 9.17) is 18.0 Å². The first-order chi connectivity index (χ1) is 8.32. The Morgan fingerprint density at radius 2 is 1.89 bits per heavy atom. The summed E-state index contributed by atoms with van der Waals surface area (Å²) in [5.74, 6) is -0.653. The molecular formula is C11H17N5OS. The molecule has 3 N–H and O–H groups in total. The number of aromatic nitrogens is 3. The molecule has 6 nitrogen and oxygen atoms in total. The van der Waals surface area contributed by atoms with Gasteiger partial charge < -0.3 is 5.73 Å². The fraction of sp³-hybridized carbons (Fsp3) is 0.545. The first-order valence-corrected chi connectivity index (χ1v) is 6.01. The van der Waals surface area contributed by atoms with Crippen molar-refractivity contribution in [2.75, 3.05) is 5.32 Å². The van der Waals surface area contributed by atoms with E-state index in [0.29, 0.717) is 0 Å². The van der Waals surface area contributed by atoms with E-state index in [0.717, 1.165) is 11.4 Å². The van der Waals surface area contributed by atoms with Crippen LogP contribution < -0.4 is 11.1 Å². The average molecular weight is 267 g/mol. The highest BCUT2D eigenvalue weighted by Gasteiger charge is 2.25. The zero-order chi connectivity index (χ0) is 13.9. The first-order valence-electron chi connectivity index (χ1n) is 5.61. The van der Waals surface area contributed by atoms with Crippen LogP contribution in [0.5, 0.6) is 0 Å². The maximum Gasteiger partial charge on any atom is 0.249 e. The molecule has 1 heterocycles. The van der Waals surface area contributed by atoms with Crippen LogP contribution in [0, 0.1) is 25.7 Å². The molecule has 0 saturated carbocycles. The second-order valence-electron chi connectivity index (χ2n) is 4.42. The number of amides is 1. The lowest BCUT2D eigenvalue weighted by Crippen LogP contribution is -2.37. The first kappa shape index (κ1) is 14.4. The second-order valence-corrected chi connectivity index (χ2v) is 4.89. The van der Waals surface area contributed by atoms with Crippen LogP contribution in [0.2, 0.25) is 0 Å². The number of hydrogen-bond acceptors (Lipinski definition) is 5. The molecule has 1 atom stereocenters. The van der Waals surface area contributed by atoms with E-state index >= 15 is 0 Å². The van der Waals surface area contributed by atoms with Crippen molar-refractivity contribution in [2.45, 2.75) is 27.7 Å². The summed E-state index contributed by atoms with van der Waals surface area (Å²) < 4.78 is 0. The summed E-state index contributed by atoms with van der Waals surface area (Å²) in [7, 11) is 0. The van der Waals surface area contributed by atoms with E-state index in [2.05, 4.69) is 20.5 Å². The Kier molecular flexibility index (Phi) is 4.66. The highest BCUT2D eigenvalue weighted by Crippen LogP contribution is 2.13. The molecule has 1 unspecified atom stereocenters. The molecule has 0 aliphatic carbocycles. The van der Waals surface area contributed by atoms with Gasteiger partial charge in [0, 0.05) is 0 Å². The predicted octanol–water partition coefficient (Wildman–Crippen LogP) is 0.985. The minimum Gasteiger partial charge on any atom is -0.393 e. The molecule has 0 saturated heterocycles. The summed E-state index contributed by atoms with van der Waals surface area (Å²) in [4.78, 5) is 16.3. The van der Waals surface area contributed by atoms with Crippen LogP contribution in [0.1, 0.15) is 25.2 Å². The van der Waals surface area contributed by atoms with Crippen molar-refractivity contribution < 1.29 is 4.79 Å². The number of anilines is 1. The smallest absolute Gasteiger partial charge is 0.249 e. The quantitative estimate of drug-likeness (QED) is 0.790. The molecule has 0 bridgehead atoms. The molecule has 0 spiro atoms. The fourth-order valence-electron chi connectivity index (χ4n) is 1.46. The summed E-state index contributed by atoms with van der Waals surface area (Å²) in [6.07, 6.45) is 0. The highest BCUT2D eigenvalue weighted by atomic mass is 32.1. The van der Waals surface area contributed by atoms with Crippen LogP contribution in [0.3, 0.4) is 0 Å². The lowest BCUT2D eigenvalue weighted by molar-refractivity contribution is -0.118. The number of thiocarbonyl (C=S) groups is 1. The number of nitrogens with one attached hydrogen (secondary N) is 1. The Balaban J connectivity index is 2.86. The predicted molar refractivity (Wildman–Crippen MR) is 73.0 cm³/mol. The Morgan fingerprint density at radius 1 is 1.28 bits per heavy atom. The summed E-state index contributed by atoms with van der Waals surface area (Å²) in [5, 5.41) is 10.3. The third-order valence-electron chi connectivity index (χ3n) is 2.58. The SMILES string of the molecule is Cc1nnc(NC(=O)C(C(N)=S)C(C)C)nc1C. The van der Waals surface area contributed by atoms with Crippen LogP contribution in [0.15, 0.2) is 0 Å². The maximum atomic E-state index is 12.0. The van der Waals surface area contributed by atoms with E-state index in [-0.39, 0.29) is 22.8 Å².